The lowest BCUT2D eigenvalue weighted by Gasteiger charge is -2.13. The molecular weight excluding hydrogens is 142 g/mol. The molecule has 0 aromatic carbocycles. The molecule has 0 bridgehead atoms. The number of ether oxygens (including phenoxy) is 1. The van der Waals surface area contributed by atoms with Gasteiger partial charge in [-0.1, -0.05) is 6.92 Å². The summed E-state index contributed by atoms with van der Waals surface area (Å²) in [5.41, 5.74) is 5.00. The normalized spacial score (nSPS) is 22.5. The minimum Gasteiger partial charge on any atom is -0.461 e. The van der Waals surface area contributed by atoms with E-state index < -0.39 is 5.54 Å². The van der Waals surface area contributed by atoms with Gasteiger partial charge in [0.05, 0.1) is 6.10 Å². The Morgan fingerprint density at radius 2 is 2.27 bits per heavy atom. The van der Waals surface area contributed by atoms with Crippen LogP contribution in [0.5, 0.6) is 0 Å². The van der Waals surface area contributed by atoms with Crippen LogP contribution in [-0.2, 0) is 9.53 Å². The number of hydrogen-bond donors (Lipinski definition) is 1. The van der Waals surface area contributed by atoms with E-state index >= 15 is 0 Å². The molecule has 3 heteroatoms. The van der Waals surface area contributed by atoms with Crippen molar-refractivity contribution in [2.24, 2.45) is 5.73 Å². The van der Waals surface area contributed by atoms with E-state index in [4.69, 9.17) is 10.5 Å². The predicted molar refractivity (Wildman–Crippen MR) is 42.0 cm³/mol. The molecule has 1 fully saturated rings. The molecule has 2 N–H and O–H groups in total. The Kier molecular flexibility index (Phi) is 2.18. The van der Waals surface area contributed by atoms with Gasteiger partial charge in [0, 0.05) is 0 Å². The predicted octanol–water partition coefficient (Wildman–Crippen LogP) is 0.819. The van der Waals surface area contributed by atoms with Crippen molar-refractivity contribution in [3.63, 3.8) is 0 Å². The molecule has 0 saturated heterocycles. The summed E-state index contributed by atoms with van der Waals surface area (Å²) in [7, 11) is 0. The molecule has 3 nitrogen and oxygen atoms in total. The molecule has 0 heterocycles. The van der Waals surface area contributed by atoms with Gasteiger partial charge in [0.15, 0.2) is 0 Å². The number of hydrogen-bond acceptors (Lipinski definition) is 3. The first-order valence-electron chi connectivity index (χ1n) is 4.08. The van der Waals surface area contributed by atoms with Crippen LogP contribution in [0.25, 0.3) is 0 Å². The van der Waals surface area contributed by atoms with E-state index in [0.717, 1.165) is 19.3 Å². The summed E-state index contributed by atoms with van der Waals surface area (Å²) < 4.78 is 5.06. The topological polar surface area (TPSA) is 52.3 Å². The monoisotopic (exact) mass is 157 g/mol. The van der Waals surface area contributed by atoms with E-state index in [2.05, 4.69) is 0 Å². The van der Waals surface area contributed by atoms with Gasteiger partial charge in [-0.3, -0.25) is 4.79 Å². The second-order valence-electron chi connectivity index (χ2n) is 3.28. The second kappa shape index (κ2) is 2.81. The molecule has 64 valence electrons. The average Bonchev–Trinajstić information content (AvgIpc) is 2.69. The molecule has 1 atom stereocenters. The lowest BCUT2D eigenvalue weighted by molar-refractivity contribution is -0.151. The molecule has 1 unspecified atom stereocenters. The second-order valence-corrected chi connectivity index (χ2v) is 3.28. The largest absolute Gasteiger partial charge is 0.461 e. The van der Waals surface area contributed by atoms with Gasteiger partial charge in [-0.05, 0) is 26.2 Å². The van der Waals surface area contributed by atoms with E-state index in [1.54, 1.807) is 0 Å². The molecule has 11 heavy (non-hydrogen) atoms. The van der Waals surface area contributed by atoms with Crippen LogP contribution in [0.3, 0.4) is 0 Å². The molecule has 0 spiro atoms. The molecule has 0 aliphatic heterocycles. The molecule has 0 aromatic rings. The fourth-order valence-corrected chi connectivity index (χ4v) is 0.722. The Hall–Kier alpha value is -0.570. The molecule has 1 aliphatic rings. The van der Waals surface area contributed by atoms with Gasteiger partial charge in [0.1, 0.15) is 5.54 Å². The molecule has 0 amide bonds. The lowest BCUT2D eigenvalue weighted by Crippen LogP contribution is -2.36. The first-order valence-corrected chi connectivity index (χ1v) is 4.08. The number of nitrogens with two attached hydrogens (primary N) is 1. The summed E-state index contributed by atoms with van der Waals surface area (Å²) in [5.74, 6) is -0.230. The van der Waals surface area contributed by atoms with Crippen molar-refractivity contribution in [2.75, 3.05) is 0 Å². The number of carbonyl (C=O) groups excluding carboxylic acids is 1. The summed E-state index contributed by atoms with van der Waals surface area (Å²) in [6.07, 6.45) is 2.41. The third kappa shape index (κ3) is 1.93. The maximum atomic E-state index is 11.1. The van der Waals surface area contributed by atoms with Crippen LogP contribution in [0.2, 0.25) is 0 Å². The van der Waals surface area contributed by atoms with Crippen molar-refractivity contribution in [2.45, 2.75) is 44.8 Å². The summed E-state index contributed by atoms with van der Waals surface area (Å²) in [4.78, 5) is 11.1. The Balaban J connectivity index is 2.32. The Labute approximate surface area is 66.9 Å². The summed E-state index contributed by atoms with van der Waals surface area (Å²) in [6.45, 7) is 3.86. The van der Waals surface area contributed by atoms with Gasteiger partial charge in [0.25, 0.3) is 0 Å². The van der Waals surface area contributed by atoms with Crippen LogP contribution in [0, 0.1) is 0 Å². The summed E-state index contributed by atoms with van der Waals surface area (Å²) in [6, 6.07) is 0. The lowest BCUT2D eigenvalue weighted by atomic mass is 10.3. The maximum Gasteiger partial charge on any atom is 0.326 e. The molecule has 1 rings (SSSR count). The minimum atomic E-state index is -0.622. The highest BCUT2D eigenvalue weighted by molar-refractivity contribution is 5.83. The molecular formula is C8H15NO2. The van der Waals surface area contributed by atoms with Gasteiger partial charge in [0.2, 0.25) is 0 Å². The fraction of sp³-hybridized carbons (Fsp3) is 0.875. The van der Waals surface area contributed by atoms with Gasteiger partial charge in [-0.2, -0.15) is 0 Å². The SMILES string of the molecule is CCC(C)OC(=O)C1(N)CC1. The first-order chi connectivity index (χ1) is 5.08. The van der Waals surface area contributed by atoms with Crippen LogP contribution < -0.4 is 5.73 Å². The Morgan fingerprint density at radius 3 is 2.64 bits per heavy atom. The highest BCUT2D eigenvalue weighted by Gasteiger charge is 2.47. The highest BCUT2D eigenvalue weighted by Crippen LogP contribution is 2.33. The highest BCUT2D eigenvalue weighted by atomic mass is 16.5. The molecule has 0 radical (unpaired) electrons. The fourth-order valence-electron chi connectivity index (χ4n) is 0.722. The van der Waals surface area contributed by atoms with Crippen molar-refractivity contribution in [1.82, 2.24) is 0 Å². The van der Waals surface area contributed by atoms with Gasteiger partial charge >= 0.3 is 5.97 Å². The summed E-state index contributed by atoms with van der Waals surface area (Å²) >= 11 is 0. The quantitative estimate of drug-likeness (QED) is 0.617. The van der Waals surface area contributed by atoms with E-state index in [0.29, 0.717) is 0 Å². The number of rotatable bonds is 3. The molecule has 1 saturated carbocycles. The molecule has 1 aliphatic carbocycles. The van der Waals surface area contributed by atoms with E-state index in [9.17, 15) is 4.79 Å². The van der Waals surface area contributed by atoms with E-state index in [1.807, 2.05) is 13.8 Å². The van der Waals surface area contributed by atoms with Gasteiger partial charge in [-0.25, -0.2) is 0 Å². The van der Waals surface area contributed by atoms with Crippen LogP contribution in [0.4, 0.5) is 0 Å². The van der Waals surface area contributed by atoms with Crippen molar-refractivity contribution in [1.29, 1.82) is 0 Å². The minimum absolute atomic E-state index is 0.00326. The Morgan fingerprint density at radius 1 is 1.73 bits per heavy atom. The standard InChI is InChI=1S/C8H15NO2/c1-3-6(2)11-7(10)8(9)4-5-8/h6H,3-5,9H2,1-2H3. The van der Waals surface area contributed by atoms with Crippen molar-refractivity contribution in [3.8, 4) is 0 Å². The van der Waals surface area contributed by atoms with Crippen molar-refractivity contribution < 1.29 is 9.53 Å². The van der Waals surface area contributed by atoms with Gasteiger partial charge in [-0.15, -0.1) is 0 Å². The third-order valence-electron chi connectivity index (χ3n) is 2.08. The zero-order valence-electron chi connectivity index (χ0n) is 7.09. The molecule has 0 aromatic heterocycles. The van der Waals surface area contributed by atoms with Crippen LogP contribution in [0.15, 0.2) is 0 Å². The maximum absolute atomic E-state index is 11.1. The van der Waals surface area contributed by atoms with Crippen molar-refractivity contribution >= 4 is 5.97 Å². The number of esters is 1. The summed E-state index contributed by atoms with van der Waals surface area (Å²) in [5, 5.41) is 0. The van der Waals surface area contributed by atoms with Crippen LogP contribution in [-0.4, -0.2) is 17.6 Å². The van der Waals surface area contributed by atoms with E-state index in [1.165, 1.54) is 0 Å². The zero-order valence-corrected chi connectivity index (χ0v) is 7.09. The Bertz CT molecular complexity index is 163. The van der Waals surface area contributed by atoms with Crippen molar-refractivity contribution in [3.05, 3.63) is 0 Å². The number of carbonyl (C=O) groups is 1. The smallest absolute Gasteiger partial charge is 0.326 e. The zero-order chi connectivity index (χ0) is 8.48. The van der Waals surface area contributed by atoms with E-state index in [-0.39, 0.29) is 12.1 Å². The first kappa shape index (κ1) is 8.53. The van der Waals surface area contributed by atoms with Gasteiger partial charge < -0.3 is 10.5 Å². The third-order valence-corrected chi connectivity index (χ3v) is 2.08. The van der Waals surface area contributed by atoms with Crippen LogP contribution in [0.1, 0.15) is 33.1 Å². The average molecular weight is 157 g/mol. The van der Waals surface area contributed by atoms with Crippen LogP contribution >= 0.6 is 0 Å².